The van der Waals surface area contributed by atoms with Gasteiger partial charge in [-0.25, -0.2) is 4.79 Å². The number of piperazine rings is 1. The average molecular weight is 548 g/mol. The lowest BCUT2D eigenvalue weighted by molar-refractivity contribution is -0.136. The number of benzene rings is 1. The summed E-state index contributed by atoms with van der Waals surface area (Å²) in [5.74, 6) is -0.257. The highest BCUT2D eigenvalue weighted by Gasteiger charge is 2.38. The molecule has 8 nitrogen and oxygen atoms in total. The van der Waals surface area contributed by atoms with E-state index in [-0.39, 0.29) is 17.7 Å². The van der Waals surface area contributed by atoms with E-state index in [0.29, 0.717) is 44.2 Å². The molecule has 0 aliphatic carbocycles. The van der Waals surface area contributed by atoms with Crippen molar-refractivity contribution < 1.29 is 23.9 Å². The van der Waals surface area contributed by atoms with Gasteiger partial charge in [0.2, 0.25) is 5.91 Å². The number of halogens is 1. The number of aryl methyl sites for hydroxylation is 1. The Labute approximate surface area is 227 Å². The monoisotopic (exact) mass is 547 g/mol. The molecule has 1 fully saturated rings. The number of rotatable bonds is 8. The van der Waals surface area contributed by atoms with Crippen molar-refractivity contribution in [1.82, 2.24) is 9.80 Å². The quantitative estimate of drug-likeness (QED) is 0.343. The van der Waals surface area contributed by atoms with Crippen molar-refractivity contribution in [2.75, 3.05) is 43.6 Å². The molecule has 2 heterocycles. The number of carbonyl (C=O) groups is 3. The summed E-state index contributed by atoms with van der Waals surface area (Å²) >= 11 is 7.45. The van der Waals surface area contributed by atoms with Crippen molar-refractivity contribution in [1.29, 1.82) is 0 Å². The van der Waals surface area contributed by atoms with Crippen molar-refractivity contribution in [3.8, 4) is 5.75 Å². The summed E-state index contributed by atoms with van der Waals surface area (Å²) in [4.78, 5) is 45.2. The molecule has 1 atom stereocenters. The molecule has 1 aromatic carbocycles. The molecule has 2 aromatic rings. The van der Waals surface area contributed by atoms with Crippen molar-refractivity contribution in [3.05, 3.63) is 58.8 Å². The second-order valence-corrected chi connectivity index (χ2v) is 10.9. The molecule has 0 bridgehead atoms. The second-order valence-electron chi connectivity index (χ2n) is 9.66. The van der Waals surface area contributed by atoms with Crippen LogP contribution in [0.5, 0.6) is 5.75 Å². The first kappa shape index (κ1) is 28.5. The summed E-state index contributed by atoms with van der Waals surface area (Å²) < 4.78 is 11.1. The molecule has 1 saturated heterocycles. The van der Waals surface area contributed by atoms with Crippen molar-refractivity contribution in [3.63, 3.8) is 0 Å². The van der Waals surface area contributed by atoms with Crippen molar-refractivity contribution >= 4 is 46.5 Å². The van der Waals surface area contributed by atoms with Crippen LogP contribution in [0.1, 0.15) is 37.3 Å². The third-order valence-electron chi connectivity index (χ3n) is 5.73. The van der Waals surface area contributed by atoms with Gasteiger partial charge in [0.15, 0.2) is 0 Å². The lowest BCUT2D eigenvalue weighted by atomic mass is 10.1. The first-order valence-corrected chi connectivity index (χ1v) is 13.5. The zero-order valence-corrected chi connectivity index (χ0v) is 23.3. The smallest absolute Gasteiger partial charge is 0.410 e. The topological polar surface area (TPSA) is 79.4 Å². The Morgan fingerprint density at radius 3 is 2.38 bits per heavy atom. The second kappa shape index (κ2) is 12.5. The van der Waals surface area contributed by atoms with Crippen molar-refractivity contribution in [2.24, 2.45) is 0 Å². The fraction of sp³-hybridized carbons (Fsp3) is 0.444. The van der Waals surface area contributed by atoms with Gasteiger partial charge in [-0.15, -0.1) is 22.9 Å². The molecule has 1 unspecified atom stereocenters. The fourth-order valence-corrected chi connectivity index (χ4v) is 4.98. The van der Waals surface area contributed by atoms with Crippen LogP contribution in [-0.2, 0) is 14.3 Å². The number of thiophene rings is 1. The molecule has 0 radical (unpaired) electrons. The summed E-state index contributed by atoms with van der Waals surface area (Å²) in [6, 6.07) is 8.15. The largest absolute Gasteiger partial charge is 0.490 e. The Kier molecular flexibility index (Phi) is 9.62. The highest BCUT2D eigenvalue weighted by Crippen LogP contribution is 2.35. The molecule has 3 amide bonds. The molecule has 10 heteroatoms. The highest BCUT2D eigenvalue weighted by atomic mass is 35.5. The Balaban J connectivity index is 1.89. The molecule has 1 aromatic heterocycles. The van der Waals surface area contributed by atoms with E-state index in [1.54, 1.807) is 28.0 Å². The van der Waals surface area contributed by atoms with Crippen LogP contribution in [0.3, 0.4) is 0 Å². The summed E-state index contributed by atoms with van der Waals surface area (Å²) in [6.07, 6.45) is 1.25. The van der Waals surface area contributed by atoms with Crippen LogP contribution >= 0.6 is 22.9 Å². The van der Waals surface area contributed by atoms with Gasteiger partial charge in [-0.2, -0.15) is 0 Å². The average Bonchev–Trinajstić information content (AvgIpc) is 3.39. The van der Waals surface area contributed by atoms with Crippen LogP contribution in [0.15, 0.2) is 48.4 Å². The minimum atomic E-state index is -0.891. The third kappa shape index (κ3) is 7.26. The zero-order valence-electron chi connectivity index (χ0n) is 21.7. The zero-order chi connectivity index (χ0) is 27.2. The maximum atomic E-state index is 14.0. The number of ether oxygens (including phenoxy) is 2. The summed E-state index contributed by atoms with van der Waals surface area (Å²) in [6.45, 7) is 12.7. The lowest BCUT2D eigenvalue weighted by Crippen LogP contribution is -2.54. The van der Waals surface area contributed by atoms with Gasteiger partial charge in [-0.05, 0) is 62.9 Å². The minimum Gasteiger partial charge on any atom is -0.490 e. The molecule has 3 rings (SSSR count). The first-order chi connectivity index (χ1) is 17.6. The number of alkyl halides is 1. The Morgan fingerprint density at radius 1 is 1.16 bits per heavy atom. The number of anilines is 1. The number of carbonyl (C=O) groups excluding carboxylic acids is 3. The van der Waals surface area contributed by atoms with Gasteiger partial charge in [-0.1, -0.05) is 18.7 Å². The van der Waals surface area contributed by atoms with Gasteiger partial charge in [-0.3, -0.25) is 14.5 Å². The van der Waals surface area contributed by atoms with Crippen LogP contribution < -0.4 is 9.64 Å². The molecule has 0 saturated carbocycles. The fourth-order valence-electron chi connectivity index (χ4n) is 4.04. The van der Waals surface area contributed by atoms with Gasteiger partial charge in [0, 0.05) is 36.7 Å². The van der Waals surface area contributed by atoms with Crippen LogP contribution in [0, 0.1) is 6.92 Å². The van der Waals surface area contributed by atoms with E-state index in [0.717, 1.165) is 10.4 Å². The Hall–Kier alpha value is -3.04. The maximum absolute atomic E-state index is 14.0. The SMILES string of the molecule is C=CCOc1ccc(N(C(=O)CCl)C(C(=O)N2CCN(C(=O)OC(C)(C)C)CC2)c2cccs2)c(C)c1. The Morgan fingerprint density at radius 2 is 1.84 bits per heavy atom. The van der Waals surface area contributed by atoms with E-state index >= 15 is 0 Å². The lowest BCUT2D eigenvalue weighted by Gasteiger charge is -2.39. The highest BCUT2D eigenvalue weighted by molar-refractivity contribution is 7.10. The van der Waals surface area contributed by atoms with Crippen LogP contribution in [-0.4, -0.2) is 72.0 Å². The van der Waals surface area contributed by atoms with Gasteiger partial charge >= 0.3 is 6.09 Å². The van der Waals surface area contributed by atoms with E-state index in [2.05, 4.69) is 6.58 Å². The maximum Gasteiger partial charge on any atom is 0.410 e. The van der Waals surface area contributed by atoms with Gasteiger partial charge in [0.1, 0.15) is 29.9 Å². The van der Waals surface area contributed by atoms with Crippen LogP contribution in [0.25, 0.3) is 0 Å². The Bertz CT molecular complexity index is 1110. The van der Waals surface area contributed by atoms with Crippen LogP contribution in [0.4, 0.5) is 10.5 Å². The van der Waals surface area contributed by atoms with Gasteiger partial charge in [0.05, 0.1) is 0 Å². The number of hydrogen-bond acceptors (Lipinski definition) is 6. The summed E-state index contributed by atoms with van der Waals surface area (Å²) in [5, 5.41) is 1.87. The molecular formula is C27H34ClN3O5S. The normalized spacial score (nSPS) is 14.6. The van der Waals surface area contributed by atoms with E-state index in [1.807, 2.05) is 51.3 Å². The molecule has 1 aliphatic heterocycles. The number of nitrogens with zero attached hydrogens (tertiary/aromatic N) is 3. The predicted molar refractivity (Wildman–Crippen MR) is 147 cm³/mol. The summed E-state index contributed by atoms with van der Waals surface area (Å²) in [5.41, 5.74) is 0.751. The third-order valence-corrected chi connectivity index (χ3v) is 6.88. The van der Waals surface area contributed by atoms with E-state index in [4.69, 9.17) is 21.1 Å². The molecule has 0 spiro atoms. The minimum absolute atomic E-state index is 0.226. The van der Waals surface area contributed by atoms with E-state index in [1.165, 1.54) is 16.2 Å². The van der Waals surface area contributed by atoms with E-state index in [9.17, 15) is 14.4 Å². The number of amides is 3. The first-order valence-electron chi connectivity index (χ1n) is 12.1. The standard InChI is InChI=1S/C27H34ClN3O5S/c1-6-15-35-20-9-10-21(19(2)17-20)31(23(32)18-28)24(22-8-7-16-37-22)25(33)29-11-13-30(14-12-29)26(34)36-27(3,4)5/h6-10,16-17,24H,1,11-15,18H2,2-5H3. The van der Waals surface area contributed by atoms with Crippen LogP contribution in [0.2, 0.25) is 0 Å². The molecule has 37 heavy (non-hydrogen) atoms. The van der Waals surface area contributed by atoms with Gasteiger partial charge in [0.25, 0.3) is 5.91 Å². The van der Waals surface area contributed by atoms with Crippen molar-refractivity contribution in [2.45, 2.75) is 39.3 Å². The van der Waals surface area contributed by atoms with E-state index < -0.39 is 17.7 Å². The predicted octanol–water partition coefficient (Wildman–Crippen LogP) is 5.01. The molecule has 1 aliphatic rings. The molecular weight excluding hydrogens is 514 g/mol. The molecule has 200 valence electrons. The summed E-state index contributed by atoms with van der Waals surface area (Å²) in [7, 11) is 0. The van der Waals surface area contributed by atoms with Gasteiger partial charge < -0.3 is 19.3 Å². The number of hydrogen-bond donors (Lipinski definition) is 0. The molecule has 0 N–H and O–H groups in total.